The van der Waals surface area contributed by atoms with Gasteiger partial charge in [0.1, 0.15) is 6.07 Å². The highest BCUT2D eigenvalue weighted by molar-refractivity contribution is 5.81. The molecule has 2 aromatic carbocycles. The Hall–Kier alpha value is -2.80. The summed E-state index contributed by atoms with van der Waals surface area (Å²) in [5.74, 6) is -0.952. The molecule has 0 aliphatic heterocycles. The second-order valence-electron chi connectivity index (χ2n) is 4.39. The minimum absolute atomic E-state index is 0.456. The van der Waals surface area contributed by atoms with Crippen molar-refractivity contribution < 1.29 is 9.90 Å². The third-order valence-electron chi connectivity index (χ3n) is 3.14. The van der Waals surface area contributed by atoms with Gasteiger partial charge in [-0.05, 0) is 17.7 Å². The summed E-state index contributed by atoms with van der Waals surface area (Å²) in [7, 11) is 1.68. The standard InChI is InChI=1S/C16H14N2O2/c1-18(14-10-6-5-9-13(14)11-17)15(16(19)20)12-7-3-2-4-8-12/h2-10,15H,1H3,(H,19,20). The fraction of sp³-hybridized carbons (Fsp3) is 0.125. The number of nitrogens with zero attached hydrogens (tertiary/aromatic N) is 2. The van der Waals surface area contributed by atoms with Crippen LogP contribution >= 0.6 is 0 Å². The van der Waals surface area contributed by atoms with Crippen molar-refractivity contribution in [3.05, 3.63) is 65.7 Å². The van der Waals surface area contributed by atoms with Gasteiger partial charge in [0.25, 0.3) is 0 Å². The molecule has 1 unspecified atom stereocenters. The maximum absolute atomic E-state index is 11.6. The number of likely N-dealkylation sites (N-methyl/N-ethyl adjacent to an activating group) is 1. The van der Waals surface area contributed by atoms with E-state index in [9.17, 15) is 9.90 Å². The van der Waals surface area contributed by atoms with Gasteiger partial charge >= 0.3 is 5.97 Å². The van der Waals surface area contributed by atoms with Crippen LogP contribution < -0.4 is 4.90 Å². The van der Waals surface area contributed by atoms with Gasteiger partial charge in [-0.25, -0.2) is 4.79 Å². The lowest BCUT2D eigenvalue weighted by Gasteiger charge is -2.27. The summed E-state index contributed by atoms with van der Waals surface area (Å²) in [6.45, 7) is 0. The largest absolute Gasteiger partial charge is 0.479 e. The van der Waals surface area contributed by atoms with Gasteiger partial charge in [0.15, 0.2) is 6.04 Å². The molecule has 0 bridgehead atoms. The van der Waals surface area contributed by atoms with Gasteiger partial charge in [0.05, 0.1) is 11.3 Å². The van der Waals surface area contributed by atoms with Crippen molar-refractivity contribution in [3.8, 4) is 6.07 Å². The monoisotopic (exact) mass is 266 g/mol. The summed E-state index contributed by atoms with van der Waals surface area (Å²) in [4.78, 5) is 13.2. The summed E-state index contributed by atoms with van der Waals surface area (Å²) >= 11 is 0. The van der Waals surface area contributed by atoms with Crippen molar-refractivity contribution in [3.63, 3.8) is 0 Å². The minimum atomic E-state index is -0.952. The summed E-state index contributed by atoms with van der Waals surface area (Å²) < 4.78 is 0. The molecule has 1 N–H and O–H groups in total. The van der Waals surface area contributed by atoms with Crippen LogP contribution in [0.25, 0.3) is 0 Å². The van der Waals surface area contributed by atoms with Gasteiger partial charge in [-0.1, -0.05) is 42.5 Å². The maximum Gasteiger partial charge on any atom is 0.331 e. The van der Waals surface area contributed by atoms with Crippen LogP contribution in [0.1, 0.15) is 17.2 Å². The molecule has 4 heteroatoms. The molecule has 0 fully saturated rings. The highest BCUT2D eigenvalue weighted by Crippen LogP contribution is 2.28. The molecule has 0 amide bonds. The van der Waals surface area contributed by atoms with E-state index in [-0.39, 0.29) is 0 Å². The van der Waals surface area contributed by atoms with E-state index in [0.717, 1.165) is 0 Å². The van der Waals surface area contributed by atoms with Crippen molar-refractivity contribution in [1.82, 2.24) is 0 Å². The van der Waals surface area contributed by atoms with Crippen LogP contribution in [0.15, 0.2) is 54.6 Å². The number of hydrogen-bond acceptors (Lipinski definition) is 3. The zero-order valence-corrected chi connectivity index (χ0v) is 11.0. The first-order valence-corrected chi connectivity index (χ1v) is 6.15. The molecular formula is C16H14N2O2. The molecular weight excluding hydrogens is 252 g/mol. The number of nitriles is 1. The molecule has 4 nitrogen and oxygen atoms in total. The number of aliphatic carboxylic acids is 1. The van der Waals surface area contributed by atoms with E-state index in [4.69, 9.17) is 5.26 Å². The van der Waals surface area contributed by atoms with Crippen LogP contribution in [-0.2, 0) is 4.79 Å². The Bertz CT molecular complexity index is 647. The predicted molar refractivity (Wildman–Crippen MR) is 76.4 cm³/mol. The van der Waals surface area contributed by atoms with Gasteiger partial charge < -0.3 is 10.0 Å². The third kappa shape index (κ3) is 2.62. The van der Waals surface area contributed by atoms with E-state index in [2.05, 4.69) is 6.07 Å². The topological polar surface area (TPSA) is 64.3 Å². The van der Waals surface area contributed by atoms with Crippen LogP contribution in [0.5, 0.6) is 0 Å². The quantitative estimate of drug-likeness (QED) is 0.924. The highest BCUT2D eigenvalue weighted by atomic mass is 16.4. The molecule has 2 rings (SSSR count). The summed E-state index contributed by atoms with van der Waals surface area (Å²) in [6.07, 6.45) is 0. The van der Waals surface area contributed by atoms with Crippen LogP contribution in [0.2, 0.25) is 0 Å². The average molecular weight is 266 g/mol. The normalized spacial score (nSPS) is 11.4. The lowest BCUT2D eigenvalue weighted by Crippen LogP contribution is -2.31. The van der Waals surface area contributed by atoms with Crippen molar-refractivity contribution in [2.75, 3.05) is 11.9 Å². The summed E-state index contributed by atoms with van der Waals surface area (Å²) in [6, 6.07) is 17.2. The Labute approximate surface area is 117 Å². The summed E-state index contributed by atoms with van der Waals surface area (Å²) in [5, 5.41) is 18.6. The molecule has 0 aliphatic carbocycles. The molecule has 0 saturated heterocycles. The SMILES string of the molecule is CN(c1ccccc1C#N)C(C(=O)O)c1ccccc1. The van der Waals surface area contributed by atoms with E-state index in [0.29, 0.717) is 16.8 Å². The van der Waals surface area contributed by atoms with Crippen LogP contribution in [0.4, 0.5) is 5.69 Å². The lowest BCUT2D eigenvalue weighted by atomic mass is 10.0. The van der Waals surface area contributed by atoms with E-state index in [1.165, 1.54) is 0 Å². The van der Waals surface area contributed by atoms with Gasteiger partial charge in [-0.2, -0.15) is 5.26 Å². The van der Waals surface area contributed by atoms with Gasteiger partial charge in [0, 0.05) is 7.05 Å². The van der Waals surface area contributed by atoms with Gasteiger partial charge in [-0.15, -0.1) is 0 Å². The number of carboxylic acid groups (broad SMARTS) is 1. The van der Waals surface area contributed by atoms with E-state index in [1.807, 2.05) is 6.07 Å². The third-order valence-corrected chi connectivity index (χ3v) is 3.14. The van der Waals surface area contributed by atoms with Crippen molar-refractivity contribution in [1.29, 1.82) is 5.26 Å². The van der Waals surface area contributed by atoms with E-state index >= 15 is 0 Å². The Morgan fingerprint density at radius 3 is 2.35 bits per heavy atom. The van der Waals surface area contributed by atoms with Gasteiger partial charge in [-0.3, -0.25) is 0 Å². The number of hydrogen-bond donors (Lipinski definition) is 1. The predicted octanol–water partition coefficient (Wildman–Crippen LogP) is 2.82. The van der Waals surface area contributed by atoms with Crippen molar-refractivity contribution in [2.45, 2.75) is 6.04 Å². The zero-order chi connectivity index (χ0) is 14.5. The Balaban J connectivity index is 2.46. The molecule has 0 spiro atoms. The second-order valence-corrected chi connectivity index (χ2v) is 4.39. The number of carbonyl (C=O) groups is 1. The van der Waals surface area contributed by atoms with Crippen molar-refractivity contribution >= 4 is 11.7 Å². The van der Waals surface area contributed by atoms with Crippen LogP contribution in [0, 0.1) is 11.3 Å². The number of anilines is 1. The fourth-order valence-electron chi connectivity index (χ4n) is 2.18. The second kappa shape index (κ2) is 5.89. The number of rotatable bonds is 4. The molecule has 0 heterocycles. The first-order chi connectivity index (χ1) is 9.65. The molecule has 2 aromatic rings. The number of para-hydroxylation sites is 1. The zero-order valence-electron chi connectivity index (χ0n) is 11.0. The molecule has 0 aromatic heterocycles. The molecule has 20 heavy (non-hydrogen) atoms. The maximum atomic E-state index is 11.6. The highest BCUT2D eigenvalue weighted by Gasteiger charge is 2.26. The number of benzene rings is 2. The Kier molecular flexibility index (Phi) is 4.02. The molecule has 100 valence electrons. The first-order valence-electron chi connectivity index (χ1n) is 6.15. The van der Waals surface area contributed by atoms with E-state index < -0.39 is 12.0 Å². The van der Waals surface area contributed by atoms with Crippen molar-refractivity contribution in [2.24, 2.45) is 0 Å². The molecule has 0 radical (unpaired) electrons. The first kappa shape index (κ1) is 13.6. The molecule has 0 saturated carbocycles. The molecule has 0 aliphatic rings. The fourth-order valence-corrected chi connectivity index (χ4v) is 2.18. The van der Waals surface area contributed by atoms with E-state index in [1.54, 1.807) is 60.5 Å². The molecule has 1 atom stereocenters. The van der Waals surface area contributed by atoms with Crippen LogP contribution in [-0.4, -0.2) is 18.1 Å². The van der Waals surface area contributed by atoms with Gasteiger partial charge in [0.2, 0.25) is 0 Å². The lowest BCUT2D eigenvalue weighted by molar-refractivity contribution is -0.138. The van der Waals surface area contributed by atoms with Crippen LogP contribution in [0.3, 0.4) is 0 Å². The Morgan fingerprint density at radius 2 is 1.75 bits per heavy atom. The minimum Gasteiger partial charge on any atom is -0.479 e. The Morgan fingerprint density at radius 1 is 1.15 bits per heavy atom. The number of carboxylic acids is 1. The summed E-state index contributed by atoms with van der Waals surface area (Å²) in [5.41, 5.74) is 1.73. The smallest absolute Gasteiger partial charge is 0.331 e. The average Bonchev–Trinajstić information content (AvgIpc) is 2.48.